The summed E-state index contributed by atoms with van der Waals surface area (Å²) in [5.41, 5.74) is 6.38. The maximum atomic E-state index is 6.19. The highest BCUT2D eigenvalue weighted by molar-refractivity contribution is 5.85. The van der Waals surface area contributed by atoms with Crippen molar-refractivity contribution >= 4 is 24.8 Å². The molecule has 1 atom stereocenters. The lowest BCUT2D eigenvalue weighted by Crippen LogP contribution is -2.52. The van der Waals surface area contributed by atoms with E-state index < -0.39 is 0 Å². The summed E-state index contributed by atoms with van der Waals surface area (Å²) >= 11 is 0. The predicted molar refractivity (Wildman–Crippen MR) is 89.1 cm³/mol. The third-order valence-corrected chi connectivity index (χ3v) is 4.70. The molecule has 2 aliphatic rings. The zero-order valence-corrected chi connectivity index (χ0v) is 14.7. The van der Waals surface area contributed by atoms with Crippen LogP contribution in [0.3, 0.4) is 0 Å². The second-order valence-electron chi connectivity index (χ2n) is 6.90. The molecule has 1 aromatic rings. The van der Waals surface area contributed by atoms with Crippen LogP contribution in [0, 0.1) is 5.41 Å². The van der Waals surface area contributed by atoms with Crippen molar-refractivity contribution in [3.05, 3.63) is 11.6 Å². The van der Waals surface area contributed by atoms with E-state index in [9.17, 15) is 0 Å². The molecule has 122 valence electrons. The van der Waals surface area contributed by atoms with Crippen molar-refractivity contribution < 1.29 is 0 Å². The van der Waals surface area contributed by atoms with E-state index in [0.29, 0.717) is 12.0 Å². The van der Waals surface area contributed by atoms with E-state index in [-0.39, 0.29) is 30.2 Å². The van der Waals surface area contributed by atoms with Crippen LogP contribution in [-0.2, 0) is 13.6 Å². The van der Waals surface area contributed by atoms with E-state index in [1.807, 2.05) is 0 Å². The first kappa shape index (κ1) is 18.7. The molecule has 1 unspecified atom stereocenters. The first-order valence-electron chi connectivity index (χ1n) is 7.33. The van der Waals surface area contributed by atoms with E-state index in [1.54, 1.807) is 0 Å². The standard InChI is InChI=1S/C14H25N5.2ClH/c1-14(2)9-19(7-6-11(14)15)8-12-16-17-13(18(12)3)10-4-5-10;;/h10-11H,4-9,15H2,1-3H3;2*1H. The normalized spacial score (nSPS) is 25.0. The summed E-state index contributed by atoms with van der Waals surface area (Å²) in [7, 11) is 2.10. The van der Waals surface area contributed by atoms with Gasteiger partial charge in [-0.2, -0.15) is 0 Å². The number of aromatic nitrogens is 3. The second kappa shape index (κ2) is 6.82. The van der Waals surface area contributed by atoms with Crippen molar-refractivity contribution in [2.45, 2.75) is 51.6 Å². The largest absolute Gasteiger partial charge is 0.327 e. The number of nitrogens with zero attached hydrogens (tertiary/aromatic N) is 4. The van der Waals surface area contributed by atoms with E-state index >= 15 is 0 Å². The van der Waals surface area contributed by atoms with Gasteiger partial charge in [0.05, 0.1) is 6.54 Å². The number of piperidine rings is 1. The molecule has 1 aliphatic heterocycles. The van der Waals surface area contributed by atoms with E-state index in [0.717, 1.165) is 31.9 Å². The molecule has 2 heterocycles. The number of hydrogen-bond donors (Lipinski definition) is 1. The minimum absolute atomic E-state index is 0. The van der Waals surface area contributed by atoms with Crippen LogP contribution < -0.4 is 5.73 Å². The van der Waals surface area contributed by atoms with Gasteiger partial charge in [0, 0.05) is 32.1 Å². The lowest BCUT2D eigenvalue weighted by atomic mass is 9.80. The van der Waals surface area contributed by atoms with Crippen molar-refractivity contribution in [3.63, 3.8) is 0 Å². The fourth-order valence-electron chi connectivity index (χ4n) is 3.03. The summed E-state index contributed by atoms with van der Waals surface area (Å²) < 4.78 is 2.19. The fourth-order valence-corrected chi connectivity index (χ4v) is 3.03. The molecule has 21 heavy (non-hydrogen) atoms. The van der Waals surface area contributed by atoms with Gasteiger partial charge in [-0.15, -0.1) is 35.0 Å². The summed E-state index contributed by atoms with van der Waals surface area (Å²) in [6, 6.07) is 0.310. The van der Waals surface area contributed by atoms with Crippen LogP contribution in [0.25, 0.3) is 0 Å². The topological polar surface area (TPSA) is 60.0 Å². The van der Waals surface area contributed by atoms with Gasteiger partial charge in [-0.05, 0) is 24.7 Å². The number of hydrogen-bond acceptors (Lipinski definition) is 4. The average molecular weight is 336 g/mol. The van der Waals surface area contributed by atoms with Crippen LogP contribution in [0.1, 0.15) is 50.7 Å². The van der Waals surface area contributed by atoms with Crippen LogP contribution in [0.5, 0.6) is 0 Å². The molecule has 0 radical (unpaired) electrons. The molecule has 0 aromatic carbocycles. The van der Waals surface area contributed by atoms with Crippen LogP contribution >= 0.6 is 24.8 Å². The van der Waals surface area contributed by atoms with Gasteiger partial charge in [-0.3, -0.25) is 4.90 Å². The molecule has 0 spiro atoms. The van der Waals surface area contributed by atoms with Gasteiger partial charge in [0.1, 0.15) is 11.6 Å². The molecule has 3 rings (SSSR count). The maximum Gasteiger partial charge on any atom is 0.146 e. The first-order valence-corrected chi connectivity index (χ1v) is 7.33. The molecule has 2 N–H and O–H groups in total. The smallest absolute Gasteiger partial charge is 0.146 e. The summed E-state index contributed by atoms with van der Waals surface area (Å²) in [5.74, 6) is 2.92. The highest BCUT2D eigenvalue weighted by Crippen LogP contribution is 2.39. The second-order valence-corrected chi connectivity index (χ2v) is 6.90. The quantitative estimate of drug-likeness (QED) is 0.918. The first-order chi connectivity index (χ1) is 8.97. The zero-order chi connectivity index (χ0) is 13.6. The number of likely N-dealkylation sites (tertiary alicyclic amines) is 1. The Morgan fingerprint density at radius 1 is 1.19 bits per heavy atom. The Kier molecular flexibility index (Phi) is 6.07. The van der Waals surface area contributed by atoms with Gasteiger partial charge in [0.2, 0.25) is 0 Å². The highest BCUT2D eigenvalue weighted by Gasteiger charge is 2.34. The van der Waals surface area contributed by atoms with Gasteiger partial charge in [0.25, 0.3) is 0 Å². The average Bonchev–Trinajstić information content (AvgIpc) is 3.11. The molecule has 1 aromatic heterocycles. The van der Waals surface area contributed by atoms with Gasteiger partial charge in [-0.25, -0.2) is 0 Å². The summed E-state index contributed by atoms with van der Waals surface area (Å²) in [6.45, 7) is 7.52. The Bertz CT molecular complexity index is 470. The molecular weight excluding hydrogens is 309 g/mol. The number of rotatable bonds is 3. The van der Waals surface area contributed by atoms with Crippen molar-refractivity contribution in [1.29, 1.82) is 0 Å². The number of nitrogens with two attached hydrogens (primary N) is 1. The predicted octanol–water partition coefficient (Wildman–Crippen LogP) is 2.10. The SMILES string of the molecule is Cl.Cl.Cn1c(CN2CCC(N)C(C)(C)C2)nnc1C1CC1. The molecule has 1 saturated carbocycles. The third kappa shape index (κ3) is 3.89. The molecule has 2 fully saturated rings. The minimum atomic E-state index is 0. The van der Waals surface area contributed by atoms with Crippen LogP contribution in [0.4, 0.5) is 0 Å². The van der Waals surface area contributed by atoms with Gasteiger partial charge >= 0.3 is 0 Å². The lowest BCUT2D eigenvalue weighted by molar-refractivity contribution is 0.0870. The van der Waals surface area contributed by atoms with Crippen molar-refractivity contribution in [2.75, 3.05) is 13.1 Å². The molecule has 1 saturated heterocycles. The zero-order valence-electron chi connectivity index (χ0n) is 13.1. The minimum Gasteiger partial charge on any atom is -0.327 e. The fraction of sp³-hybridized carbons (Fsp3) is 0.857. The third-order valence-electron chi connectivity index (χ3n) is 4.70. The summed E-state index contributed by atoms with van der Waals surface area (Å²) in [4.78, 5) is 2.46. The maximum absolute atomic E-state index is 6.19. The van der Waals surface area contributed by atoms with E-state index in [4.69, 9.17) is 5.73 Å². The lowest BCUT2D eigenvalue weighted by Gasteiger charge is -2.42. The van der Waals surface area contributed by atoms with Crippen LogP contribution in [0.2, 0.25) is 0 Å². The molecular formula is C14H27Cl2N5. The summed E-state index contributed by atoms with van der Waals surface area (Å²) in [6.07, 6.45) is 3.62. The molecule has 7 heteroatoms. The van der Waals surface area contributed by atoms with Gasteiger partial charge in [-0.1, -0.05) is 13.8 Å². The highest BCUT2D eigenvalue weighted by atomic mass is 35.5. The number of halogens is 2. The van der Waals surface area contributed by atoms with E-state index in [1.165, 1.54) is 18.7 Å². The molecule has 1 aliphatic carbocycles. The molecule has 0 bridgehead atoms. The Labute approximate surface area is 139 Å². The monoisotopic (exact) mass is 335 g/mol. The van der Waals surface area contributed by atoms with Crippen LogP contribution in [0.15, 0.2) is 0 Å². The Morgan fingerprint density at radius 3 is 2.43 bits per heavy atom. The van der Waals surface area contributed by atoms with Crippen LogP contribution in [-0.4, -0.2) is 38.8 Å². The van der Waals surface area contributed by atoms with E-state index in [2.05, 4.69) is 40.6 Å². The van der Waals surface area contributed by atoms with Gasteiger partial charge in [0.15, 0.2) is 0 Å². The summed E-state index contributed by atoms with van der Waals surface area (Å²) in [5, 5.41) is 8.73. The molecule has 5 nitrogen and oxygen atoms in total. The van der Waals surface area contributed by atoms with Crippen molar-refractivity contribution in [2.24, 2.45) is 18.2 Å². The molecule has 0 amide bonds. The Morgan fingerprint density at radius 2 is 1.86 bits per heavy atom. The van der Waals surface area contributed by atoms with Crippen molar-refractivity contribution in [1.82, 2.24) is 19.7 Å². The Balaban J connectivity index is 0.00000110. The van der Waals surface area contributed by atoms with Crippen molar-refractivity contribution in [3.8, 4) is 0 Å². The Hall–Kier alpha value is -0.360. The van der Waals surface area contributed by atoms with Gasteiger partial charge < -0.3 is 10.3 Å².